The highest BCUT2D eigenvalue weighted by atomic mass is 32.2. The van der Waals surface area contributed by atoms with Gasteiger partial charge in [0.25, 0.3) is 5.91 Å². The van der Waals surface area contributed by atoms with Crippen molar-refractivity contribution in [2.45, 2.75) is 6.92 Å². The van der Waals surface area contributed by atoms with E-state index in [9.17, 15) is 14.4 Å². The van der Waals surface area contributed by atoms with Crippen LogP contribution in [0, 0.1) is 0 Å². The lowest BCUT2D eigenvalue weighted by molar-refractivity contribution is -0.139. The Bertz CT molecular complexity index is 1000. The molecule has 0 aromatic heterocycles. The van der Waals surface area contributed by atoms with Crippen LogP contribution in [0.4, 0.5) is 11.4 Å². The largest absolute Gasteiger partial charge is 0.482 e. The number of nitrogens with zero attached hydrogens (tertiary/aromatic N) is 1. The maximum absolute atomic E-state index is 12.8. The van der Waals surface area contributed by atoms with Crippen LogP contribution in [0.15, 0.2) is 53.4 Å². The lowest BCUT2D eigenvalue weighted by atomic mass is 10.2. The molecule has 2 aromatic carbocycles. The number of amides is 2. The van der Waals surface area contributed by atoms with Crippen molar-refractivity contribution in [2.24, 2.45) is 0 Å². The van der Waals surface area contributed by atoms with E-state index in [0.29, 0.717) is 26.3 Å². The molecule has 0 aliphatic carbocycles. The van der Waals surface area contributed by atoms with Crippen molar-refractivity contribution in [3.63, 3.8) is 0 Å². The smallest absolute Gasteiger partial charge is 0.341 e. The zero-order valence-corrected chi connectivity index (χ0v) is 16.9. The molecule has 29 heavy (non-hydrogen) atoms. The summed E-state index contributed by atoms with van der Waals surface area (Å²) in [5.41, 5.74) is 2.00. The molecular formula is C20H16N2O5S2. The SMILES string of the molecule is CC(=O)Nc1ccc(N2C(=O)/C(=C\c3ccc(OCC(=O)O)cc3)SC2=S)cc1. The number of thiocarbonyl (C=S) groups is 1. The number of anilines is 2. The Morgan fingerprint density at radius 2 is 1.83 bits per heavy atom. The number of carboxylic acids is 1. The fourth-order valence-electron chi connectivity index (χ4n) is 2.54. The Balaban J connectivity index is 1.74. The van der Waals surface area contributed by atoms with Crippen LogP contribution in [0.3, 0.4) is 0 Å². The van der Waals surface area contributed by atoms with Crippen molar-refractivity contribution in [3.05, 3.63) is 59.0 Å². The van der Waals surface area contributed by atoms with Crippen molar-refractivity contribution < 1.29 is 24.2 Å². The summed E-state index contributed by atoms with van der Waals surface area (Å²) in [5.74, 6) is -1.04. The fraction of sp³-hybridized carbons (Fsp3) is 0.100. The number of carboxylic acid groups (broad SMARTS) is 1. The summed E-state index contributed by atoms with van der Waals surface area (Å²) >= 11 is 6.55. The molecule has 0 bridgehead atoms. The Hall–Kier alpha value is -3.17. The van der Waals surface area contributed by atoms with Gasteiger partial charge in [0.1, 0.15) is 5.75 Å². The van der Waals surface area contributed by atoms with Crippen molar-refractivity contribution in [1.29, 1.82) is 0 Å². The van der Waals surface area contributed by atoms with Gasteiger partial charge in [-0.05, 0) is 48.0 Å². The van der Waals surface area contributed by atoms with Crippen LogP contribution in [-0.2, 0) is 14.4 Å². The van der Waals surface area contributed by atoms with Crippen molar-refractivity contribution in [1.82, 2.24) is 0 Å². The van der Waals surface area contributed by atoms with Gasteiger partial charge in [0.05, 0.1) is 10.6 Å². The van der Waals surface area contributed by atoms with Crippen molar-refractivity contribution in [2.75, 3.05) is 16.8 Å². The van der Waals surface area contributed by atoms with Gasteiger partial charge in [-0.1, -0.05) is 36.1 Å². The molecule has 2 amide bonds. The first-order valence-electron chi connectivity index (χ1n) is 8.44. The fourth-order valence-corrected chi connectivity index (χ4v) is 3.84. The second kappa shape index (κ2) is 8.89. The predicted molar refractivity (Wildman–Crippen MR) is 116 cm³/mol. The third kappa shape index (κ3) is 5.21. The minimum Gasteiger partial charge on any atom is -0.482 e. The van der Waals surface area contributed by atoms with E-state index < -0.39 is 12.6 Å². The molecule has 7 nitrogen and oxygen atoms in total. The molecule has 1 saturated heterocycles. The number of thioether (sulfide) groups is 1. The van der Waals surface area contributed by atoms with Gasteiger partial charge in [-0.2, -0.15) is 0 Å². The summed E-state index contributed by atoms with van der Waals surface area (Å²) in [7, 11) is 0. The zero-order chi connectivity index (χ0) is 21.0. The van der Waals surface area contributed by atoms with E-state index >= 15 is 0 Å². The van der Waals surface area contributed by atoms with Gasteiger partial charge in [0, 0.05) is 12.6 Å². The number of rotatable bonds is 6. The van der Waals surface area contributed by atoms with E-state index in [1.165, 1.54) is 23.6 Å². The minimum atomic E-state index is -1.05. The van der Waals surface area contributed by atoms with Crippen LogP contribution in [0.25, 0.3) is 6.08 Å². The first-order chi connectivity index (χ1) is 13.8. The lowest BCUT2D eigenvalue weighted by Gasteiger charge is -2.15. The monoisotopic (exact) mass is 428 g/mol. The van der Waals surface area contributed by atoms with Crippen LogP contribution in [0.2, 0.25) is 0 Å². The number of carbonyl (C=O) groups is 3. The summed E-state index contributed by atoms with van der Waals surface area (Å²) in [6.07, 6.45) is 1.71. The van der Waals surface area contributed by atoms with Gasteiger partial charge < -0.3 is 15.2 Å². The van der Waals surface area contributed by atoms with Crippen LogP contribution in [-0.4, -0.2) is 33.8 Å². The summed E-state index contributed by atoms with van der Waals surface area (Å²) in [6.45, 7) is 1.00. The van der Waals surface area contributed by atoms with Gasteiger partial charge in [-0.15, -0.1) is 0 Å². The van der Waals surface area contributed by atoms with E-state index in [4.69, 9.17) is 22.1 Å². The Morgan fingerprint density at radius 1 is 1.17 bits per heavy atom. The third-order valence-corrected chi connectivity index (χ3v) is 5.08. The number of carbonyl (C=O) groups excluding carboxylic acids is 2. The molecule has 2 N–H and O–H groups in total. The van der Waals surface area contributed by atoms with Crippen LogP contribution < -0.4 is 15.0 Å². The Labute approximate surface area is 176 Å². The van der Waals surface area contributed by atoms with E-state index in [2.05, 4.69) is 5.32 Å². The summed E-state index contributed by atoms with van der Waals surface area (Å²) in [4.78, 5) is 36.4. The number of hydrogen-bond acceptors (Lipinski definition) is 6. The number of hydrogen-bond donors (Lipinski definition) is 2. The molecule has 148 valence electrons. The highest BCUT2D eigenvalue weighted by Gasteiger charge is 2.33. The first-order valence-corrected chi connectivity index (χ1v) is 9.66. The summed E-state index contributed by atoms with van der Waals surface area (Å²) < 4.78 is 5.50. The molecular weight excluding hydrogens is 412 g/mol. The van der Waals surface area contributed by atoms with Crippen LogP contribution in [0.5, 0.6) is 5.75 Å². The average molecular weight is 428 g/mol. The number of benzene rings is 2. The standard InChI is InChI=1S/C20H16N2O5S2/c1-12(23)21-14-4-6-15(7-5-14)22-19(26)17(29-20(22)28)10-13-2-8-16(9-3-13)27-11-18(24)25/h2-10H,11H2,1H3,(H,21,23)(H,24,25)/b17-10+. The molecule has 1 heterocycles. The maximum atomic E-state index is 12.8. The molecule has 1 aliphatic rings. The molecule has 0 saturated carbocycles. The molecule has 1 aliphatic heterocycles. The van der Waals surface area contributed by atoms with Gasteiger partial charge in [-0.3, -0.25) is 14.5 Å². The predicted octanol–water partition coefficient (Wildman–Crippen LogP) is 3.51. The van der Waals surface area contributed by atoms with Crippen molar-refractivity contribution >= 4 is 63.5 Å². The van der Waals surface area contributed by atoms with Crippen LogP contribution in [0.1, 0.15) is 12.5 Å². The third-order valence-electron chi connectivity index (χ3n) is 3.78. The van der Waals surface area contributed by atoms with E-state index in [0.717, 1.165) is 5.56 Å². The zero-order valence-electron chi connectivity index (χ0n) is 15.2. The molecule has 3 rings (SSSR count). The van der Waals surface area contributed by atoms with E-state index in [1.54, 1.807) is 54.6 Å². The van der Waals surface area contributed by atoms with E-state index in [1.807, 2.05) is 0 Å². The topological polar surface area (TPSA) is 95.9 Å². The first kappa shape index (κ1) is 20.6. The van der Waals surface area contributed by atoms with Crippen molar-refractivity contribution in [3.8, 4) is 5.75 Å². The molecule has 2 aromatic rings. The van der Waals surface area contributed by atoms with Gasteiger partial charge in [0.2, 0.25) is 5.91 Å². The average Bonchev–Trinajstić information content (AvgIpc) is 2.95. The molecule has 0 spiro atoms. The molecule has 9 heteroatoms. The van der Waals surface area contributed by atoms with Gasteiger partial charge >= 0.3 is 5.97 Å². The lowest BCUT2D eigenvalue weighted by Crippen LogP contribution is -2.27. The number of aliphatic carboxylic acids is 1. The Morgan fingerprint density at radius 3 is 2.41 bits per heavy atom. The normalized spacial score (nSPS) is 14.9. The number of ether oxygens (including phenoxy) is 1. The van der Waals surface area contributed by atoms with Gasteiger partial charge in [-0.25, -0.2) is 4.79 Å². The van der Waals surface area contributed by atoms with Gasteiger partial charge in [0.15, 0.2) is 10.9 Å². The highest BCUT2D eigenvalue weighted by molar-refractivity contribution is 8.27. The molecule has 0 atom stereocenters. The molecule has 0 radical (unpaired) electrons. The van der Waals surface area contributed by atoms with Crippen LogP contribution >= 0.6 is 24.0 Å². The molecule has 1 fully saturated rings. The molecule has 0 unspecified atom stereocenters. The second-order valence-corrected chi connectivity index (χ2v) is 7.67. The minimum absolute atomic E-state index is 0.175. The Kier molecular flexibility index (Phi) is 6.30. The second-order valence-electron chi connectivity index (χ2n) is 6.00. The number of nitrogens with one attached hydrogen (secondary N) is 1. The quantitative estimate of drug-likeness (QED) is 0.537. The maximum Gasteiger partial charge on any atom is 0.341 e. The summed E-state index contributed by atoms with van der Waals surface area (Å²) in [6, 6.07) is 13.6. The summed E-state index contributed by atoms with van der Waals surface area (Å²) in [5, 5.41) is 11.3. The highest BCUT2D eigenvalue weighted by Crippen LogP contribution is 2.36. The van der Waals surface area contributed by atoms with E-state index in [-0.39, 0.29) is 11.8 Å².